The Hall–Kier alpha value is -0.570. The first kappa shape index (κ1) is 12.5. The molecule has 1 amide bonds. The van der Waals surface area contributed by atoms with Crippen LogP contribution in [0.25, 0.3) is 0 Å². The molecule has 0 aromatic heterocycles. The second-order valence-corrected chi connectivity index (χ2v) is 7.36. The van der Waals surface area contributed by atoms with Crippen molar-refractivity contribution in [3.05, 3.63) is 0 Å². The van der Waals surface area contributed by atoms with Crippen LogP contribution in [0.5, 0.6) is 0 Å². The zero-order valence-electron chi connectivity index (χ0n) is 11.8. The summed E-state index contributed by atoms with van der Waals surface area (Å²) in [5, 5.41) is 3.41. The van der Waals surface area contributed by atoms with E-state index in [9.17, 15) is 4.79 Å². The summed E-state index contributed by atoms with van der Waals surface area (Å²) in [4.78, 5) is 14.7. The molecule has 1 unspecified atom stereocenters. The monoisotopic (exact) mass is 250 g/mol. The third kappa shape index (κ3) is 2.18. The first-order valence-electron chi connectivity index (χ1n) is 7.52. The van der Waals surface area contributed by atoms with Crippen LogP contribution in [0.2, 0.25) is 0 Å². The SMILES string of the molecule is CC1(C)CCN(C(=O)C2CC23CCNCC3)CC1. The van der Waals surface area contributed by atoms with Crippen molar-refractivity contribution in [3.63, 3.8) is 0 Å². The summed E-state index contributed by atoms with van der Waals surface area (Å²) < 4.78 is 0. The molecule has 2 heterocycles. The number of amides is 1. The molecule has 0 aromatic rings. The van der Waals surface area contributed by atoms with Gasteiger partial charge in [-0.3, -0.25) is 4.79 Å². The Morgan fingerprint density at radius 2 is 1.72 bits per heavy atom. The number of carbonyl (C=O) groups excluding carboxylic acids is 1. The van der Waals surface area contributed by atoms with Crippen molar-refractivity contribution >= 4 is 5.91 Å². The third-order valence-corrected chi connectivity index (χ3v) is 5.52. The molecular weight excluding hydrogens is 224 g/mol. The van der Waals surface area contributed by atoms with Gasteiger partial charge in [0.15, 0.2) is 0 Å². The van der Waals surface area contributed by atoms with Crippen LogP contribution >= 0.6 is 0 Å². The van der Waals surface area contributed by atoms with Crippen LogP contribution in [-0.2, 0) is 4.79 Å². The maximum absolute atomic E-state index is 12.6. The summed E-state index contributed by atoms with van der Waals surface area (Å²) >= 11 is 0. The highest BCUT2D eigenvalue weighted by molar-refractivity contribution is 5.82. The van der Waals surface area contributed by atoms with Crippen molar-refractivity contribution in [2.75, 3.05) is 26.2 Å². The van der Waals surface area contributed by atoms with E-state index in [1.165, 1.54) is 25.7 Å². The minimum absolute atomic E-state index is 0.362. The van der Waals surface area contributed by atoms with Crippen LogP contribution in [0.3, 0.4) is 0 Å². The highest BCUT2D eigenvalue weighted by Crippen LogP contribution is 2.59. The van der Waals surface area contributed by atoms with Gasteiger partial charge in [-0.2, -0.15) is 0 Å². The fourth-order valence-corrected chi connectivity index (χ4v) is 3.73. The lowest BCUT2D eigenvalue weighted by Gasteiger charge is -2.37. The van der Waals surface area contributed by atoms with E-state index < -0.39 is 0 Å². The Kier molecular flexibility index (Phi) is 2.92. The van der Waals surface area contributed by atoms with E-state index in [0.29, 0.717) is 22.7 Å². The lowest BCUT2D eigenvalue weighted by molar-refractivity contribution is -0.135. The van der Waals surface area contributed by atoms with E-state index in [4.69, 9.17) is 0 Å². The average Bonchev–Trinajstić information content (AvgIpc) is 3.03. The zero-order chi connectivity index (χ0) is 12.8. The zero-order valence-corrected chi connectivity index (χ0v) is 11.8. The van der Waals surface area contributed by atoms with Crippen LogP contribution in [0.1, 0.15) is 46.0 Å². The molecule has 1 atom stereocenters. The lowest BCUT2D eigenvalue weighted by atomic mass is 9.82. The molecule has 1 N–H and O–H groups in total. The summed E-state index contributed by atoms with van der Waals surface area (Å²) in [5.41, 5.74) is 0.835. The molecule has 2 aliphatic heterocycles. The molecule has 1 saturated carbocycles. The first-order valence-corrected chi connectivity index (χ1v) is 7.52. The molecule has 0 aromatic carbocycles. The average molecular weight is 250 g/mol. The second kappa shape index (κ2) is 4.22. The first-order chi connectivity index (χ1) is 8.53. The molecule has 3 nitrogen and oxygen atoms in total. The molecule has 1 spiro atoms. The summed E-state index contributed by atoms with van der Waals surface area (Å²) in [7, 11) is 0. The van der Waals surface area contributed by atoms with Gasteiger partial charge in [0.25, 0.3) is 0 Å². The molecule has 3 fully saturated rings. The molecule has 18 heavy (non-hydrogen) atoms. The van der Waals surface area contributed by atoms with Crippen molar-refractivity contribution in [1.82, 2.24) is 10.2 Å². The number of carbonyl (C=O) groups is 1. The van der Waals surface area contributed by atoms with Gasteiger partial charge in [0.1, 0.15) is 0 Å². The van der Waals surface area contributed by atoms with Gasteiger partial charge >= 0.3 is 0 Å². The van der Waals surface area contributed by atoms with Gasteiger partial charge in [0.2, 0.25) is 5.91 Å². The third-order valence-electron chi connectivity index (χ3n) is 5.52. The molecular formula is C15H26N2O. The Morgan fingerprint density at radius 1 is 1.11 bits per heavy atom. The number of nitrogens with one attached hydrogen (secondary N) is 1. The maximum atomic E-state index is 12.6. The van der Waals surface area contributed by atoms with Crippen molar-refractivity contribution in [1.29, 1.82) is 0 Å². The molecule has 3 heteroatoms. The topological polar surface area (TPSA) is 32.3 Å². The van der Waals surface area contributed by atoms with Gasteiger partial charge in [-0.05, 0) is 56.0 Å². The maximum Gasteiger partial charge on any atom is 0.226 e. The van der Waals surface area contributed by atoms with Crippen molar-refractivity contribution in [3.8, 4) is 0 Å². The van der Waals surface area contributed by atoms with Gasteiger partial charge in [0, 0.05) is 19.0 Å². The lowest BCUT2D eigenvalue weighted by Crippen LogP contribution is -2.43. The van der Waals surface area contributed by atoms with Gasteiger partial charge in [-0.15, -0.1) is 0 Å². The summed E-state index contributed by atoms with van der Waals surface area (Å²) in [5.74, 6) is 0.827. The van der Waals surface area contributed by atoms with E-state index in [2.05, 4.69) is 24.1 Å². The molecule has 1 aliphatic carbocycles. The number of nitrogens with zero attached hydrogens (tertiary/aromatic N) is 1. The smallest absolute Gasteiger partial charge is 0.226 e. The van der Waals surface area contributed by atoms with E-state index >= 15 is 0 Å². The predicted octanol–water partition coefficient (Wildman–Crippen LogP) is 2.02. The molecule has 2 saturated heterocycles. The molecule has 3 rings (SSSR count). The van der Waals surface area contributed by atoms with Gasteiger partial charge in [-0.1, -0.05) is 13.8 Å². The highest BCUT2D eigenvalue weighted by Gasteiger charge is 2.58. The number of piperidine rings is 2. The van der Waals surface area contributed by atoms with E-state index in [1.54, 1.807) is 0 Å². The largest absolute Gasteiger partial charge is 0.342 e. The van der Waals surface area contributed by atoms with Crippen molar-refractivity contribution in [2.24, 2.45) is 16.7 Å². The molecule has 3 aliphatic rings. The number of hydrogen-bond donors (Lipinski definition) is 1. The number of rotatable bonds is 1. The van der Waals surface area contributed by atoms with Crippen molar-refractivity contribution in [2.45, 2.75) is 46.0 Å². The quantitative estimate of drug-likeness (QED) is 0.772. The summed E-state index contributed by atoms with van der Waals surface area (Å²) in [6.07, 6.45) is 5.92. The minimum atomic E-state index is 0.362. The Labute approximate surface area is 110 Å². The Morgan fingerprint density at radius 3 is 2.33 bits per heavy atom. The fourth-order valence-electron chi connectivity index (χ4n) is 3.73. The molecule has 102 valence electrons. The van der Waals surface area contributed by atoms with E-state index in [0.717, 1.165) is 32.6 Å². The van der Waals surface area contributed by atoms with Crippen LogP contribution in [-0.4, -0.2) is 37.0 Å². The Bertz CT molecular complexity index is 334. The van der Waals surface area contributed by atoms with Gasteiger partial charge in [-0.25, -0.2) is 0 Å². The molecule has 0 radical (unpaired) electrons. The van der Waals surface area contributed by atoms with E-state index in [-0.39, 0.29) is 0 Å². The predicted molar refractivity (Wildman–Crippen MR) is 72.2 cm³/mol. The van der Waals surface area contributed by atoms with Crippen LogP contribution in [0.4, 0.5) is 0 Å². The van der Waals surface area contributed by atoms with Crippen LogP contribution in [0, 0.1) is 16.7 Å². The minimum Gasteiger partial charge on any atom is -0.342 e. The Balaban J connectivity index is 1.57. The van der Waals surface area contributed by atoms with Gasteiger partial charge < -0.3 is 10.2 Å². The van der Waals surface area contributed by atoms with Crippen LogP contribution < -0.4 is 5.32 Å². The fraction of sp³-hybridized carbons (Fsp3) is 0.933. The second-order valence-electron chi connectivity index (χ2n) is 7.36. The normalized spacial score (nSPS) is 33.4. The van der Waals surface area contributed by atoms with Gasteiger partial charge in [0.05, 0.1) is 0 Å². The van der Waals surface area contributed by atoms with Crippen molar-refractivity contribution < 1.29 is 4.79 Å². The standard InChI is InChI=1S/C15H26N2O/c1-14(2)5-9-17(10-6-14)13(18)12-11-15(12)3-7-16-8-4-15/h12,16H,3-11H2,1-2H3. The summed E-state index contributed by atoms with van der Waals surface area (Å²) in [6, 6.07) is 0. The molecule has 0 bridgehead atoms. The van der Waals surface area contributed by atoms with E-state index in [1.807, 2.05) is 0 Å². The number of likely N-dealkylation sites (tertiary alicyclic amines) is 1. The summed E-state index contributed by atoms with van der Waals surface area (Å²) in [6.45, 7) is 8.82. The number of hydrogen-bond acceptors (Lipinski definition) is 2. The highest BCUT2D eigenvalue weighted by atomic mass is 16.2. The van der Waals surface area contributed by atoms with Crippen LogP contribution in [0.15, 0.2) is 0 Å².